The average Bonchev–Trinajstić information content (AvgIpc) is 3.35. The molecule has 7 nitrogen and oxygen atoms in total. The van der Waals surface area contributed by atoms with E-state index >= 15 is 0 Å². The fourth-order valence-electron chi connectivity index (χ4n) is 4.10. The predicted octanol–water partition coefficient (Wildman–Crippen LogP) is 4.32. The fourth-order valence-corrected chi connectivity index (χ4v) is 5.01. The van der Waals surface area contributed by atoms with Crippen LogP contribution >= 0.6 is 11.3 Å². The molecule has 32 heavy (non-hydrogen) atoms. The number of carbonyl (C=O) groups excluding carboxylic acids is 2. The molecule has 0 fully saturated rings. The van der Waals surface area contributed by atoms with Gasteiger partial charge in [-0.2, -0.15) is 0 Å². The van der Waals surface area contributed by atoms with Crippen LogP contribution in [0.2, 0.25) is 0 Å². The Bertz CT molecular complexity index is 1150. The lowest BCUT2D eigenvalue weighted by molar-refractivity contribution is -0.119. The van der Waals surface area contributed by atoms with Gasteiger partial charge in [-0.1, -0.05) is 18.2 Å². The maximum atomic E-state index is 13.7. The van der Waals surface area contributed by atoms with Crippen molar-refractivity contribution in [3.05, 3.63) is 69.9 Å². The number of thiophene rings is 1. The van der Waals surface area contributed by atoms with Crippen molar-refractivity contribution in [2.24, 2.45) is 0 Å². The molecule has 166 valence electrons. The zero-order chi connectivity index (χ0) is 22.8. The van der Waals surface area contributed by atoms with Gasteiger partial charge in [0.1, 0.15) is 5.75 Å². The number of carbonyl (C=O) groups is 2. The van der Waals surface area contributed by atoms with Gasteiger partial charge in [-0.25, -0.2) is 0 Å². The Morgan fingerprint density at radius 1 is 0.969 bits per heavy atom. The van der Waals surface area contributed by atoms with Crippen LogP contribution in [0.15, 0.2) is 53.9 Å². The molecule has 2 unspecified atom stereocenters. The number of likely N-dealkylation sites (N-methyl/N-ethyl adjacent to an activating group) is 1. The van der Waals surface area contributed by atoms with Gasteiger partial charge in [0.2, 0.25) is 5.91 Å². The maximum Gasteiger partial charge on any atom is 0.254 e. The average molecular weight is 453 g/mol. The molecular formula is C24H24N2O5S. The number of hydrogen-bond donors (Lipinski definition) is 1. The minimum atomic E-state index is -0.670. The second-order valence-electron chi connectivity index (χ2n) is 7.34. The summed E-state index contributed by atoms with van der Waals surface area (Å²) in [4.78, 5) is 29.6. The second-order valence-corrected chi connectivity index (χ2v) is 8.32. The lowest BCUT2D eigenvalue weighted by Crippen LogP contribution is -2.43. The van der Waals surface area contributed by atoms with Crippen LogP contribution in [0.4, 0.5) is 5.69 Å². The molecule has 0 radical (unpaired) electrons. The van der Waals surface area contributed by atoms with Crippen LogP contribution in [0.3, 0.4) is 0 Å². The first kappa shape index (κ1) is 21.7. The SMILES string of the molecule is COc1ccccc1NC(=O)C1c2cc(OC)c(OC)cc2C(=O)N(C)C1c1cccs1. The Labute approximate surface area is 190 Å². The number of amides is 2. The van der Waals surface area contributed by atoms with Gasteiger partial charge in [-0.3, -0.25) is 9.59 Å². The van der Waals surface area contributed by atoms with Gasteiger partial charge in [0, 0.05) is 17.5 Å². The Balaban J connectivity index is 1.87. The van der Waals surface area contributed by atoms with E-state index in [1.165, 1.54) is 25.6 Å². The van der Waals surface area contributed by atoms with E-state index in [1.807, 2.05) is 29.6 Å². The summed E-state index contributed by atoms with van der Waals surface area (Å²) in [7, 11) is 6.32. The smallest absolute Gasteiger partial charge is 0.254 e. The maximum absolute atomic E-state index is 13.7. The van der Waals surface area contributed by atoms with Gasteiger partial charge in [-0.05, 0) is 41.3 Å². The highest BCUT2D eigenvalue weighted by Crippen LogP contribution is 2.47. The van der Waals surface area contributed by atoms with Crippen LogP contribution in [-0.4, -0.2) is 45.1 Å². The van der Waals surface area contributed by atoms with Crippen molar-refractivity contribution in [1.29, 1.82) is 0 Å². The standard InChI is InChI=1S/C24H24N2O5S/c1-26-22(20-10-7-11-32-20)21(23(27)25-16-8-5-6-9-17(16)29-2)14-12-18(30-3)19(31-4)13-15(14)24(26)28/h5-13,21-22H,1-4H3,(H,25,27). The highest BCUT2D eigenvalue weighted by Gasteiger charge is 2.44. The summed E-state index contributed by atoms with van der Waals surface area (Å²) in [6.07, 6.45) is 0. The number of nitrogens with one attached hydrogen (secondary N) is 1. The van der Waals surface area contributed by atoms with Crippen LogP contribution in [0, 0.1) is 0 Å². The summed E-state index contributed by atoms with van der Waals surface area (Å²) in [6, 6.07) is 14.0. The molecule has 2 aromatic carbocycles. The lowest BCUT2D eigenvalue weighted by Gasteiger charge is -2.39. The third kappa shape index (κ3) is 3.67. The van der Waals surface area contributed by atoms with E-state index in [1.54, 1.807) is 43.3 Å². The molecule has 1 aliphatic heterocycles. The fraction of sp³-hybridized carbons (Fsp3) is 0.250. The number of anilines is 1. The first-order chi connectivity index (χ1) is 15.5. The molecule has 1 aliphatic rings. The summed E-state index contributed by atoms with van der Waals surface area (Å²) in [5, 5.41) is 4.93. The van der Waals surface area contributed by atoms with Crippen molar-refractivity contribution in [3.63, 3.8) is 0 Å². The Kier molecular flexibility index (Phi) is 6.05. The first-order valence-electron chi connectivity index (χ1n) is 10.0. The van der Waals surface area contributed by atoms with Crippen molar-refractivity contribution in [3.8, 4) is 17.2 Å². The molecule has 2 heterocycles. The minimum absolute atomic E-state index is 0.180. The number of rotatable bonds is 6. The van der Waals surface area contributed by atoms with Crippen LogP contribution in [0.25, 0.3) is 0 Å². The van der Waals surface area contributed by atoms with Crippen molar-refractivity contribution in [2.75, 3.05) is 33.7 Å². The summed E-state index contributed by atoms with van der Waals surface area (Å²) in [5.41, 5.74) is 1.57. The molecule has 2 amide bonds. The van der Waals surface area contributed by atoms with Crippen molar-refractivity contribution in [1.82, 2.24) is 4.90 Å². The van der Waals surface area contributed by atoms with Crippen LogP contribution in [0.5, 0.6) is 17.2 Å². The molecule has 1 N–H and O–H groups in total. The van der Waals surface area contributed by atoms with E-state index in [-0.39, 0.29) is 11.8 Å². The molecule has 4 rings (SSSR count). The van der Waals surface area contributed by atoms with Gasteiger partial charge in [0.25, 0.3) is 5.91 Å². The van der Waals surface area contributed by atoms with E-state index in [2.05, 4.69) is 5.32 Å². The normalized spacial score (nSPS) is 17.5. The van der Waals surface area contributed by atoms with Gasteiger partial charge < -0.3 is 24.4 Å². The summed E-state index contributed by atoms with van der Waals surface area (Å²) < 4.78 is 16.3. The molecule has 0 saturated heterocycles. The largest absolute Gasteiger partial charge is 0.495 e. The molecular weight excluding hydrogens is 428 g/mol. The Morgan fingerprint density at radius 2 is 1.66 bits per heavy atom. The van der Waals surface area contributed by atoms with Crippen molar-refractivity contribution < 1.29 is 23.8 Å². The minimum Gasteiger partial charge on any atom is -0.495 e. The van der Waals surface area contributed by atoms with Gasteiger partial charge in [-0.15, -0.1) is 11.3 Å². The van der Waals surface area contributed by atoms with E-state index in [9.17, 15) is 9.59 Å². The number of methoxy groups -OCH3 is 3. The van der Waals surface area contributed by atoms with Crippen LogP contribution in [0.1, 0.15) is 32.8 Å². The van der Waals surface area contributed by atoms with Gasteiger partial charge >= 0.3 is 0 Å². The van der Waals surface area contributed by atoms with Crippen LogP contribution in [-0.2, 0) is 4.79 Å². The number of ether oxygens (including phenoxy) is 3. The zero-order valence-corrected chi connectivity index (χ0v) is 19.1. The number of fused-ring (bicyclic) bond motifs is 1. The number of nitrogens with zero attached hydrogens (tertiary/aromatic N) is 1. The number of para-hydroxylation sites is 2. The molecule has 3 aromatic rings. The molecule has 1 aromatic heterocycles. The monoisotopic (exact) mass is 452 g/mol. The highest BCUT2D eigenvalue weighted by molar-refractivity contribution is 7.10. The molecule has 0 bridgehead atoms. The van der Waals surface area contributed by atoms with E-state index < -0.39 is 12.0 Å². The molecule has 0 spiro atoms. The van der Waals surface area contributed by atoms with E-state index in [4.69, 9.17) is 14.2 Å². The van der Waals surface area contributed by atoms with E-state index in [0.29, 0.717) is 34.1 Å². The quantitative estimate of drug-likeness (QED) is 0.603. The predicted molar refractivity (Wildman–Crippen MR) is 123 cm³/mol. The molecule has 0 aliphatic carbocycles. The summed E-state index contributed by atoms with van der Waals surface area (Å²) in [6.45, 7) is 0. The van der Waals surface area contributed by atoms with Crippen molar-refractivity contribution in [2.45, 2.75) is 12.0 Å². The summed E-state index contributed by atoms with van der Waals surface area (Å²) in [5.74, 6) is 0.355. The Morgan fingerprint density at radius 3 is 2.31 bits per heavy atom. The van der Waals surface area contributed by atoms with Gasteiger partial charge in [0.15, 0.2) is 11.5 Å². The summed E-state index contributed by atoms with van der Waals surface area (Å²) >= 11 is 1.51. The van der Waals surface area contributed by atoms with Crippen molar-refractivity contribution >= 4 is 28.8 Å². The number of hydrogen-bond acceptors (Lipinski definition) is 6. The molecule has 0 saturated carbocycles. The Hall–Kier alpha value is -3.52. The molecule has 8 heteroatoms. The second kappa shape index (κ2) is 8.92. The van der Waals surface area contributed by atoms with Crippen LogP contribution < -0.4 is 19.5 Å². The third-order valence-electron chi connectivity index (χ3n) is 5.66. The topological polar surface area (TPSA) is 77.1 Å². The zero-order valence-electron chi connectivity index (χ0n) is 18.2. The molecule has 2 atom stereocenters. The third-order valence-corrected chi connectivity index (χ3v) is 6.60. The van der Waals surface area contributed by atoms with E-state index in [0.717, 1.165) is 4.88 Å². The lowest BCUT2D eigenvalue weighted by atomic mass is 9.81. The highest BCUT2D eigenvalue weighted by atomic mass is 32.1. The first-order valence-corrected chi connectivity index (χ1v) is 10.9. The number of benzene rings is 2. The van der Waals surface area contributed by atoms with Gasteiger partial charge in [0.05, 0.1) is 39.0 Å².